The van der Waals surface area contributed by atoms with Crippen LogP contribution in [0, 0.1) is 39.4 Å². The first-order valence-electron chi connectivity index (χ1n) is 11.9. The Morgan fingerprint density at radius 2 is 1.83 bits per heavy atom. The molecule has 1 N–H and O–H groups in total. The highest BCUT2D eigenvalue weighted by Crippen LogP contribution is 2.30. The number of benzene rings is 2. The van der Waals surface area contributed by atoms with Crippen molar-refractivity contribution < 1.29 is 22.1 Å². The lowest BCUT2D eigenvalue weighted by molar-refractivity contribution is -0.120. The molecule has 0 bridgehead atoms. The molecule has 2 heterocycles. The molecule has 4 rings (SSSR count). The van der Waals surface area contributed by atoms with Crippen molar-refractivity contribution in [1.29, 1.82) is 0 Å². The second-order valence-corrected chi connectivity index (χ2v) is 11.2. The summed E-state index contributed by atoms with van der Waals surface area (Å²) in [4.78, 5) is 13.1. The second kappa shape index (κ2) is 10.4. The summed E-state index contributed by atoms with van der Waals surface area (Å²) in [5, 5.41) is 6.85. The number of nitrogens with one attached hydrogen (secondary N) is 1. The Bertz CT molecular complexity index is 1410. The fraction of sp³-hybridized carbons (Fsp3) is 0.333. The van der Waals surface area contributed by atoms with Crippen LogP contribution in [-0.2, 0) is 14.8 Å². The maximum absolute atomic E-state index is 14.0. The van der Waals surface area contributed by atoms with Crippen molar-refractivity contribution in [3.05, 3.63) is 75.9 Å². The number of anilines is 1. The van der Waals surface area contributed by atoms with Crippen LogP contribution >= 0.6 is 0 Å². The summed E-state index contributed by atoms with van der Waals surface area (Å²) in [6.07, 6.45) is 3.99. The molecule has 7 nitrogen and oxygen atoms in total. The Kier molecular flexibility index (Phi) is 7.42. The van der Waals surface area contributed by atoms with Crippen molar-refractivity contribution in [2.45, 2.75) is 45.4 Å². The zero-order valence-electron chi connectivity index (χ0n) is 20.8. The number of halogens is 1. The van der Waals surface area contributed by atoms with E-state index in [0.717, 1.165) is 22.4 Å². The second-order valence-electron chi connectivity index (χ2n) is 9.28. The van der Waals surface area contributed by atoms with Gasteiger partial charge in [-0.05, 0) is 69.9 Å². The summed E-state index contributed by atoms with van der Waals surface area (Å²) in [6, 6.07) is 10.2. The fourth-order valence-corrected chi connectivity index (χ4v) is 6.45. The number of hydrogen-bond donors (Lipinski definition) is 1. The van der Waals surface area contributed by atoms with Crippen LogP contribution in [0.25, 0.3) is 12.2 Å². The van der Waals surface area contributed by atoms with E-state index < -0.39 is 21.8 Å². The average Bonchev–Trinajstić information content (AvgIpc) is 3.21. The minimum Gasteiger partial charge on any atom is -0.355 e. The number of sulfonamides is 1. The van der Waals surface area contributed by atoms with E-state index in [-0.39, 0.29) is 35.3 Å². The SMILES string of the molecule is Cc1cc(C)c(NC(=O)[C@@H]2CCCN(S(=O)(=O)c3c(C)noc3/C=C/c3ccccc3F)C2)c(C)c1. The highest BCUT2D eigenvalue weighted by molar-refractivity contribution is 7.89. The van der Waals surface area contributed by atoms with E-state index in [1.54, 1.807) is 25.1 Å². The molecule has 0 unspecified atom stereocenters. The van der Waals surface area contributed by atoms with Gasteiger partial charge in [0, 0.05) is 24.3 Å². The summed E-state index contributed by atoms with van der Waals surface area (Å²) >= 11 is 0. The first kappa shape index (κ1) is 25.8. The van der Waals surface area contributed by atoms with E-state index in [9.17, 15) is 17.6 Å². The van der Waals surface area contributed by atoms with Crippen molar-refractivity contribution in [3.8, 4) is 0 Å². The van der Waals surface area contributed by atoms with E-state index >= 15 is 0 Å². The smallest absolute Gasteiger partial charge is 0.248 e. The van der Waals surface area contributed by atoms with Crippen molar-refractivity contribution in [2.75, 3.05) is 18.4 Å². The summed E-state index contributed by atoms with van der Waals surface area (Å²) in [5.41, 5.74) is 4.31. The van der Waals surface area contributed by atoms with Crippen LogP contribution in [0.1, 0.15) is 46.5 Å². The maximum atomic E-state index is 14.0. The molecular formula is C27H30FN3O4S. The van der Waals surface area contributed by atoms with Crippen molar-refractivity contribution in [1.82, 2.24) is 9.46 Å². The minimum atomic E-state index is -4.00. The highest BCUT2D eigenvalue weighted by Gasteiger charge is 2.37. The first-order chi connectivity index (χ1) is 17.1. The van der Waals surface area contributed by atoms with Crippen LogP contribution in [0.5, 0.6) is 0 Å². The Labute approximate surface area is 211 Å². The molecule has 0 spiro atoms. The highest BCUT2D eigenvalue weighted by atomic mass is 32.2. The van der Waals surface area contributed by atoms with Gasteiger partial charge >= 0.3 is 0 Å². The monoisotopic (exact) mass is 511 g/mol. The third kappa shape index (κ3) is 5.27. The molecule has 2 aromatic carbocycles. The van der Waals surface area contributed by atoms with E-state index in [1.165, 1.54) is 22.5 Å². The number of aryl methyl sites for hydroxylation is 4. The average molecular weight is 512 g/mol. The summed E-state index contributed by atoms with van der Waals surface area (Å²) in [7, 11) is -4.00. The van der Waals surface area contributed by atoms with Gasteiger partial charge in [0.25, 0.3) is 0 Å². The van der Waals surface area contributed by atoms with E-state index in [1.807, 2.05) is 32.9 Å². The van der Waals surface area contributed by atoms with Crippen LogP contribution in [0.2, 0.25) is 0 Å². The van der Waals surface area contributed by atoms with E-state index in [4.69, 9.17) is 4.52 Å². The number of carbonyl (C=O) groups is 1. The van der Waals surface area contributed by atoms with Gasteiger partial charge in [-0.25, -0.2) is 12.8 Å². The molecule has 3 aromatic rings. The molecular weight excluding hydrogens is 481 g/mol. The van der Waals surface area contributed by atoms with Gasteiger partial charge in [0.05, 0.1) is 5.92 Å². The summed E-state index contributed by atoms with van der Waals surface area (Å²) < 4.78 is 47.9. The molecule has 1 atom stereocenters. The molecule has 1 amide bonds. The topological polar surface area (TPSA) is 92.5 Å². The molecule has 190 valence electrons. The Balaban J connectivity index is 1.55. The van der Waals surface area contributed by atoms with Gasteiger partial charge in [-0.3, -0.25) is 4.79 Å². The zero-order valence-corrected chi connectivity index (χ0v) is 21.7. The third-order valence-corrected chi connectivity index (χ3v) is 8.45. The molecule has 0 radical (unpaired) electrons. The van der Waals surface area contributed by atoms with Gasteiger partial charge in [-0.15, -0.1) is 0 Å². The molecule has 1 aliphatic heterocycles. The zero-order chi connectivity index (χ0) is 26.0. The molecule has 1 fully saturated rings. The lowest BCUT2D eigenvalue weighted by atomic mass is 9.98. The molecule has 9 heteroatoms. The number of amides is 1. The van der Waals surface area contributed by atoms with Crippen molar-refractivity contribution in [2.24, 2.45) is 5.92 Å². The van der Waals surface area contributed by atoms with Crippen LogP contribution in [0.4, 0.5) is 10.1 Å². The van der Waals surface area contributed by atoms with Crippen LogP contribution < -0.4 is 5.32 Å². The third-order valence-electron chi connectivity index (χ3n) is 6.43. The lowest BCUT2D eigenvalue weighted by Gasteiger charge is -2.31. The Morgan fingerprint density at radius 1 is 1.14 bits per heavy atom. The predicted octanol–water partition coefficient (Wildman–Crippen LogP) is 5.26. The van der Waals surface area contributed by atoms with Gasteiger partial charge < -0.3 is 9.84 Å². The summed E-state index contributed by atoms with van der Waals surface area (Å²) in [5.74, 6) is -1.11. The van der Waals surface area contributed by atoms with Gasteiger partial charge in [0.15, 0.2) is 10.7 Å². The van der Waals surface area contributed by atoms with Crippen LogP contribution in [0.3, 0.4) is 0 Å². The standard InChI is InChI=1S/C27H30FN3O4S/c1-17-14-18(2)25(19(3)15-17)29-27(32)22-9-7-13-31(16-22)36(33,34)26-20(4)30-35-24(26)12-11-21-8-5-6-10-23(21)28/h5-6,8,10-12,14-15,22H,7,9,13,16H2,1-4H3,(H,29,32)/b12-11+/t22-/m1/s1. The number of hydrogen-bond acceptors (Lipinski definition) is 5. The molecule has 0 aliphatic carbocycles. The largest absolute Gasteiger partial charge is 0.355 e. The van der Waals surface area contributed by atoms with Crippen LogP contribution in [0.15, 0.2) is 45.8 Å². The predicted molar refractivity (Wildman–Crippen MR) is 137 cm³/mol. The van der Waals surface area contributed by atoms with Crippen LogP contribution in [-0.4, -0.2) is 36.9 Å². The Hall–Kier alpha value is -3.30. The van der Waals surface area contributed by atoms with Gasteiger partial charge in [0.1, 0.15) is 11.5 Å². The molecule has 1 saturated heterocycles. The molecule has 1 aromatic heterocycles. The minimum absolute atomic E-state index is 0.0215. The maximum Gasteiger partial charge on any atom is 0.248 e. The fourth-order valence-electron chi connectivity index (χ4n) is 4.68. The molecule has 1 aliphatic rings. The van der Waals surface area contributed by atoms with Gasteiger partial charge in [-0.1, -0.05) is 41.1 Å². The van der Waals surface area contributed by atoms with Crippen molar-refractivity contribution in [3.63, 3.8) is 0 Å². The number of piperidine rings is 1. The van der Waals surface area contributed by atoms with Gasteiger partial charge in [0.2, 0.25) is 15.9 Å². The lowest BCUT2D eigenvalue weighted by Crippen LogP contribution is -2.44. The molecule has 36 heavy (non-hydrogen) atoms. The quantitative estimate of drug-likeness (QED) is 0.488. The van der Waals surface area contributed by atoms with E-state index in [2.05, 4.69) is 10.5 Å². The number of carbonyl (C=O) groups excluding carboxylic acids is 1. The number of aromatic nitrogens is 1. The number of rotatable bonds is 6. The number of nitrogens with zero attached hydrogens (tertiary/aromatic N) is 2. The Morgan fingerprint density at radius 3 is 2.53 bits per heavy atom. The molecule has 0 saturated carbocycles. The normalized spacial score (nSPS) is 17.0. The summed E-state index contributed by atoms with van der Waals surface area (Å²) in [6.45, 7) is 7.78. The first-order valence-corrected chi connectivity index (χ1v) is 13.3. The van der Waals surface area contributed by atoms with Crippen molar-refractivity contribution >= 4 is 33.8 Å². The van der Waals surface area contributed by atoms with E-state index in [0.29, 0.717) is 18.4 Å². The van der Waals surface area contributed by atoms with Gasteiger partial charge in [-0.2, -0.15) is 4.31 Å².